The molecule has 3 rings (SSSR count). The molecule has 2 amide bonds. The molecule has 0 atom stereocenters. The van der Waals surface area contributed by atoms with Crippen molar-refractivity contribution in [3.05, 3.63) is 54.1 Å². The van der Waals surface area contributed by atoms with Crippen LogP contribution < -0.4 is 20.4 Å². The molecule has 182 valence electrons. The van der Waals surface area contributed by atoms with Crippen molar-refractivity contribution in [2.24, 2.45) is 0 Å². The Labute approximate surface area is 217 Å². The van der Waals surface area contributed by atoms with Gasteiger partial charge in [0.1, 0.15) is 20.9 Å². The average molecular weight is 527 g/mol. The van der Waals surface area contributed by atoms with Gasteiger partial charge in [-0.05, 0) is 60.1 Å². The third kappa shape index (κ3) is 7.65. The summed E-state index contributed by atoms with van der Waals surface area (Å²) in [6.07, 6.45) is 0. The normalized spacial score (nSPS) is 10.4. The van der Waals surface area contributed by atoms with E-state index in [1.54, 1.807) is 0 Å². The van der Waals surface area contributed by atoms with Crippen LogP contribution in [-0.4, -0.2) is 55.9 Å². The number of carbonyl (C=O) groups excluding carboxylic acids is 2. The van der Waals surface area contributed by atoms with Crippen molar-refractivity contribution in [2.75, 3.05) is 60.1 Å². The summed E-state index contributed by atoms with van der Waals surface area (Å²) in [5.74, 6) is -0.0709. The molecular formula is C24H26N6O2S3. The van der Waals surface area contributed by atoms with E-state index >= 15 is 0 Å². The largest absolute Gasteiger partial charge is 0.378 e. The van der Waals surface area contributed by atoms with Crippen molar-refractivity contribution in [2.45, 2.75) is 9.24 Å². The van der Waals surface area contributed by atoms with Gasteiger partial charge < -0.3 is 20.4 Å². The predicted molar refractivity (Wildman–Crippen MR) is 147 cm³/mol. The molecule has 1 aromatic heterocycles. The molecule has 0 aliphatic carbocycles. The molecule has 0 radical (unpaired) electrons. The average Bonchev–Trinajstić information content (AvgIpc) is 3.24. The third-order valence-corrected chi connectivity index (χ3v) is 7.94. The molecule has 11 heteroatoms. The number of nitrogens with one attached hydrogen (secondary N) is 2. The van der Waals surface area contributed by atoms with Crippen molar-refractivity contribution in [1.29, 1.82) is 5.26 Å². The fourth-order valence-corrected chi connectivity index (χ4v) is 5.59. The molecule has 0 unspecified atom stereocenters. The maximum absolute atomic E-state index is 12.4. The van der Waals surface area contributed by atoms with Gasteiger partial charge in [-0.3, -0.25) is 9.59 Å². The second-order valence-corrected chi connectivity index (χ2v) is 10.8. The van der Waals surface area contributed by atoms with Crippen LogP contribution in [0.5, 0.6) is 0 Å². The minimum absolute atomic E-state index is 0.126. The van der Waals surface area contributed by atoms with E-state index in [2.05, 4.69) is 21.1 Å². The Morgan fingerprint density at radius 1 is 0.857 bits per heavy atom. The Morgan fingerprint density at radius 2 is 1.31 bits per heavy atom. The van der Waals surface area contributed by atoms with Gasteiger partial charge in [-0.25, -0.2) is 0 Å². The first-order chi connectivity index (χ1) is 16.8. The Morgan fingerprint density at radius 3 is 1.74 bits per heavy atom. The molecule has 3 aromatic rings. The number of nitriles is 1. The van der Waals surface area contributed by atoms with Crippen molar-refractivity contribution < 1.29 is 9.59 Å². The number of aromatic nitrogens is 1. The second-order valence-electron chi connectivity index (χ2n) is 7.82. The van der Waals surface area contributed by atoms with Gasteiger partial charge in [0, 0.05) is 50.9 Å². The minimum atomic E-state index is -0.182. The summed E-state index contributed by atoms with van der Waals surface area (Å²) in [5.41, 5.74) is 3.90. The molecule has 0 fully saturated rings. The molecule has 0 aliphatic heterocycles. The number of nitrogens with zero attached hydrogens (tertiary/aromatic N) is 4. The fraction of sp³-hybridized carbons (Fsp3) is 0.250. The molecule has 0 saturated heterocycles. The minimum Gasteiger partial charge on any atom is -0.378 e. The number of thioether (sulfide) groups is 2. The Bertz CT molecular complexity index is 1110. The van der Waals surface area contributed by atoms with E-state index in [9.17, 15) is 14.9 Å². The molecule has 2 aromatic carbocycles. The van der Waals surface area contributed by atoms with Crippen LogP contribution in [0.1, 0.15) is 5.56 Å². The van der Waals surface area contributed by atoms with Crippen molar-refractivity contribution >= 4 is 69.6 Å². The smallest absolute Gasteiger partial charge is 0.234 e. The van der Waals surface area contributed by atoms with Crippen LogP contribution in [0.4, 0.5) is 22.7 Å². The molecule has 1 heterocycles. The van der Waals surface area contributed by atoms with E-state index < -0.39 is 0 Å². The number of anilines is 4. The quantitative estimate of drug-likeness (QED) is 0.370. The summed E-state index contributed by atoms with van der Waals surface area (Å²) >= 11 is 3.63. The van der Waals surface area contributed by atoms with Gasteiger partial charge in [0.15, 0.2) is 0 Å². The fourth-order valence-electron chi connectivity index (χ4n) is 2.90. The molecule has 2 N–H and O–H groups in total. The highest BCUT2D eigenvalue weighted by molar-refractivity contribution is 8.02. The summed E-state index contributed by atoms with van der Waals surface area (Å²) in [6, 6.07) is 17.3. The van der Waals surface area contributed by atoms with Crippen molar-refractivity contribution in [1.82, 2.24) is 4.37 Å². The number of hydrogen-bond donors (Lipinski definition) is 2. The molecular weight excluding hydrogens is 501 g/mol. The third-order valence-electron chi connectivity index (χ3n) is 4.75. The maximum atomic E-state index is 12.4. The van der Waals surface area contributed by atoms with E-state index in [1.807, 2.05) is 86.5 Å². The zero-order valence-corrected chi connectivity index (χ0v) is 22.3. The van der Waals surface area contributed by atoms with Crippen molar-refractivity contribution in [3.8, 4) is 6.07 Å². The molecule has 0 bridgehead atoms. The van der Waals surface area contributed by atoms with Gasteiger partial charge >= 0.3 is 0 Å². The lowest BCUT2D eigenvalue weighted by Crippen LogP contribution is -2.14. The van der Waals surface area contributed by atoms with Crippen LogP contribution in [-0.2, 0) is 9.59 Å². The first-order valence-corrected chi connectivity index (χ1v) is 13.3. The van der Waals surface area contributed by atoms with Crippen LogP contribution in [0, 0.1) is 11.3 Å². The van der Waals surface area contributed by atoms with E-state index in [-0.39, 0.29) is 23.3 Å². The molecule has 0 spiro atoms. The monoisotopic (exact) mass is 526 g/mol. The molecule has 8 nitrogen and oxygen atoms in total. The Kier molecular flexibility index (Phi) is 9.42. The van der Waals surface area contributed by atoms with E-state index in [0.717, 1.165) is 22.9 Å². The van der Waals surface area contributed by atoms with E-state index in [4.69, 9.17) is 0 Å². The van der Waals surface area contributed by atoms with Gasteiger partial charge in [-0.1, -0.05) is 11.8 Å². The highest BCUT2D eigenvalue weighted by Gasteiger charge is 2.17. The van der Waals surface area contributed by atoms with Crippen LogP contribution >= 0.6 is 35.1 Å². The highest BCUT2D eigenvalue weighted by atomic mass is 32.2. The maximum Gasteiger partial charge on any atom is 0.234 e. The van der Waals surface area contributed by atoms with Gasteiger partial charge in [-0.15, -0.1) is 11.8 Å². The van der Waals surface area contributed by atoms with Crippen molar-refractivity contribution in [3.63, 3.8) is 0 Å². The number of benzene rings is 2. The molecule has 35 heavy (non-hydrogen) atoms. The molecule has 0 aliphatic rings. The SMILES string of the molecule is CN(C)c1ccc(NC(=O)CSc2nsc(SCC(=O)Nc3ccc(N(C)C)cc3)c2C#N)cc1. The summed E-state index contributed by atoms with van der Waals surface area (Å²) in [6.45, 7) is 0. The number of amides is 2. The summed E-state index contributed by atoms with van der Waals surface area (Å²) in [4.78, 5) is 28.7. The number of rotatable bonds is 10. The van der Waals surface area contributed by atoms with E-state index in [1.165, 1.54) is 23.5 Å². The van der Waals surface area contributed by atoms with Gasteiger partial charge in [-0.2, -0.15) is 9.64 Å². The lowest BCUT2D eigenvalue weighted by Gasteiger charge is -2.13. The number of carbonyl (C=O) groups is 2. The first-order valence-electron chi connectivity index (χ1n) is 10.6. The van der Waals surface area contributed by atoms with Gasteiger partial charge in [0.2, 0.25) is 11.8 Å². The Balaban J connectivity index is 1.50. The lowest BCUT2D eigenvalue weighted by molar-refractivity contribution is -0.114. The predicted octanol–water partition coefficient (Wildman–Crippen LogP) is 4.61. The number of hydrogen-bond acceptors (Lipinski definition) is 9. The Hall–Kier alpha value is -3.20. The van der Waals surface area contributed by atoms with Crippen LogP contribution in [0.15, 0.2) is 57.8 Å². The standard InChI is InChI=1S/C24H26N6O2S3/c1-29(2)18-9-5-16(6-10-18)26-21(31)14-33-23-20(13-25)24(35-28-23)34-15-22(32)27-17-7-11-19(12-8-17)30(3)4/h5-12H,14-15H2,1-4H3,(H,26,31)(H,27,32). The van der Waals surface area contributed by atoms with Gasteiger partial charge in [0.05, 0.1) is 11.5 Å². The lowest BCUT2D eigenvalue weighted by atomic mass is 10.2. The zero-order valence-electron chi connectivity index (χ0n) is 19.9. The first kappa shape index (κ1) is 26.4. The highest BCUT2D eigenvalue weighted by Crippen LogP contribution is 2.34. The zero-order chi connectivity index (χ0) is 25.4. The summed E-state index contributed by atoms with van der Waals surface area (Å²) in [7, 11) is 7.81. The topological polar surface area (TPSA) is 101 Å². The van der Waals surface area contributed by atoms with E-state index in [0.29, 0.717) is 26.2 Å². The summed E-state index contributed by atoms with van der Waals surface area (Å²) < 4.78 is 4.98. The van der Waals surface area contributed by atoms with Gasteiger partial charge in [0.25, 0.3) is 0 Å². The second kappa shape index (κ2) is 12.5. The summed E-state index contributed by atoms with van der Waals surface area (Å²) in [5, 5.41) is 15.8. The molecule has 0 saturated carbocycles. The van der Waals surface area contributed by atoms with Crippen LogP contribution in [0.25, 0.3) is 0 Å². The van der Waals surface area contributed by atoms with Crippen LogP contribution in [0.3, 0.4) is 0 Å². The van der Waals surface area contributed by atoms with Crippen LogP contribution in [0.2, 0.25) is 0 Å².